The van der Waals surface area contributed by atoms with Crippen LogP contribution in [0.3, 0.4) is 0 Å². The molecule has 0 aromatic heterocycles. The van der Waals surface area contributed by atoms with Crippen LogP contribution >= 0.6 is 0 Å². The Kier molecular flexibility index (Phi) is 8.52. The molecule has 0 saturated heterocycles. The molecule has 0 radical (unpaired) electrons. The van der Waals surface area contributed by atoms with E-state index in [4.69, 9.17) is 4.74 Å². The van der Waals surface area contributed by atoms with Crippen molar-refractivity contribution in [2.24, 2.45) is 46.3 Å². The van der Waals surface area contributed by atoms with E-state index in [0.29, 0.717) is 16.4 Å². The Morgan fingerprint density at radius 3 is 2.51 bits per heavy atom. The molecule has 39 heavy (non-hydrogen) atoms. The molecular formula is C37H54O2. The predicted octanol–water partition coefficient (Wildman–Crippen LogP) is 9.98. The van der Waals surface area contributed by atoms with Crippen LogP contribution < -0.4 is 0 Å². The van der Waals surface area contributed by atoms with Crippen molar-refractivity contribution in [2.75, 3.05) is 0 Å². The minimum absolute atomic E-state index is 0.0117. The van der Waals surface area contributed by atoms with Crippen molar-refractivity contribution in [3.63, 3.8) is 0 Å². The van der Waals surface area contributed by atoms with Gasteiger partial charge in [0.1, 0.15) is 6.10 Å². The second kappa shape index (κ2) is 11.6. The molecule has 0 spiro atoms. The van der Waals surface area contributed by atoms with E-state index in [2.05, 4.69) is 47.3 Å². The van der Waals surface area contributed by atoms with Gasteiger partial charge in [0, 0.05) is 6.42 Å². The van der Waals surface area contributed by atoms with Crippen molar-refractivity contribution in [2.45, 2.75) is 118 Å². The monoisotopic (exact) mass is 530 g/mol. The Labute approximate surface area is 239 Å². The second-order valence-electron chi connectivity index (χ2n) is 14.7. The summed E-state index contributed by atoms with van der Waals surface area (Å²) in [5.41, 5.74) is 4.26. The van der Waals surface area contributed by atoms with Crippen LogP contribution in [0.5, 0.6) is 0 Å². The highest BCUT2D eigenvalue weighted by atomic mass is 16.5. The summed E-state index contributed by atoms with van der Waals surface area (Å²) in [6.45, 7) is 16.4. The molecule has 2 heteroatoms. The lowest BCUT2D eigenvalue weighted by molar-refractivity contribution is -0.0594. The van der Waals surface area contributed by atoms with Crippen molar-refractivity contribution in [3.05, 3.63) is 59.7 Å². The molecule has 1 aromatic rings. The molecule has 5 rings (SSSR count). The Morgan fingerprint density at radius 1 is 1.03 bits per heavy atom. The van der Waals surface area contributed by atoms with Gasteiger partial charge >= 0.3 is 5.97 Å². The maximum absolute atomic E-state index is 12.9. The van der Waals surface area contributed by atoms with E-state index >= 15 is 0 Å². The smallest absolute Gasteiger partial charge is 0.338 e. The zero-order chi connectivity index (χ0) is 27.8. The second-order valence-corrected chi connectivity index (χ2v) is 14.7. The first kappa shape index (κ1) is 28.7. The maximum atomic E-state index is 12.9. The number of allylic oxidation sites excluding steroid dienone is 2. The number of fused-ring (bicyclic) bond motifs is 5. The van der Waals surface area contributed by atoms with E-state index in [1.165, 1.54) is 56.9 Å². The van der Waals surface area contributed by atoms with Gasteiger partial charge in [0.15, 0.2) is 0 Å². The van der Waals surface area contributed by atoms with Gasteiger partial charge in [0.2, 0.25) is 0 Å². The fourth-order valence-corrected chi connectivity index (χ4v) is 9.92. The number of esters is 1. The average Bonchev–Trinajstić information content (AvgIpc) is 3.26. The molecule has 2 nitrogen and oxygen atoms in total. The number of rotatable bonds is 9. The summed E-state index contributed by atoms with van der Waals surface area (Å²) in [5.74, 6) is 4.98. The molecular weight excluding hydrogens is 476 g/mol. The number of carbonyl (C=O) groups excluding carboxylic acids is 1. The first-order valence-corrected chi connectivity index (χ1v) is 16.3. The first-order valence-electron chi connectivity index (χ1n) is 16.3. The highest BCUT2D eigenvalue weighted by Gasteiger charge is 2.59. The van der Waals surface area contributed by atoms with Crippen LogP contribution in [0.15, 0.2) is 48.6 Å². The van der Waals surface area contributed by atoms with Crippen LogP contribution in [0, 0.1) is 46.3 Å². The lowest BCUT2D eigenvalue weighted by atomic mass is 9.47. The normalized spacial score (nSPS) is 36.4. The third-order valence-corrected chi connectivity index (χ3v) is 12.1. The third-order valence-electron chi connectivity index (χ3n) is 12.1. The number of ether oxygens (including phenoxy) is 1. The highest BCUT2D eigenvalue weighted by molar-refractivity contribution is 5.89. The van der Waals surface area contributed by atoms with Crippen molar-refractivity contribution in [1.29, 1.82) is 0 Å². The SMILES string of the molecule is C=CCc1ccc(C(=O)O[C@H]2CC[C@@]3(C)C(=CC[C@H]4[C@@H]5CC[C@H]([C@H](C)CCCC(C)C)[C@@]5(C)CC[C@@H]43)C2)cc1. The number of carbonyl (C=O) groups is 1. The average molecular weight is 531 g/mol. The first-order chi connectivity index (χ1) is 18.7. The van der Waals surface area contributed by atoms with E-state index in [0.717, 1.165) is 61.2 Å². The van der Waals surface area contributed by atoms with Crippen LogP contribution in [-0.2, 0) is 11.2 Å². The van der Waals surface area contributed by atoms with Gasteiger partial charge in [-0.25, -0.2) is 4.79 Å². The van der Waals surface area contributed by atoms with Crippen LogP contribution in [0.2, 0.25) is 0 Å². The van der Waals surface area contributed by atoms with Gasteiger partial charge in [-0.15, -0.1) is 6.58 Å². The molecule has 0 N–H and O–H groups in total. The summed E-state index contributed by atoms with van der Waals surface area (Å²) in [7, 11) is 0. The largest absolute Gasteiger partial charge is 0.458 e. The molecule has 0 bridgehead atoms. The van der Waals surface area contributed by atoms with Gasteiger partial charge in [-0.3, -0.25) is 0 Å². The third kappa shape index (κ3) is 5.56. The molecule has 0 aliphatic heterocycles. The number of benzene rings is 1. The lowest BCUT2D eigenvalue weighted by Crippen LogP contribution is -2.51. The lowest BCUT2D eigenvalue weighted by Gasteiger charge is -2.58. The van der Waals surface area contributed by atoms with Crippen molar-refractivity contribution in [3.8, 4) is 0 Å². The summed E-state index contributed by atoms with van der Waals surface area (Å²) >= 11 is 0. The van der Waals surface area contributed by atoms with Gasteiger partial charge in [0.05, 0.1) is 5.56 Å². The Balaban J connectivity index is 1.23. The Bertz CT molecular complexity index is 1050. The standard InChI is InChI=1S/C37H54O2/c1-7-9-27-12-14-28(15-13-27)35(38)39-30-20-22-36(5)29(24-30)16-17-31-33-19-18-32(26(4)11-8-10-25(2)3)37(33,6)23-21-34(31)36/h7,12-16,25-26,30-34H,1,8-11,17-24H2,2-6H3/t26-,30+,31+,32-,33+,34+,36+,37-/m1/s1. The molecule has 214 valence electrons. The van der Waals surface area contributed by atoms with Gasteiger partial charge in [0.25, 0.3) is 0 Å². The quantitative estimate of drug-likeness (QED) is 0.234. The molecule has 8 atom stereocenters. The molecule has 4 aliphatic rings. The molecule has 1 aromatic carbocycles. The molecule has 0 heterocycles. The molecule has 3 saturated carbocycles. The zero-order valence-corrected chi connectivity index (χ0v) is 25.5. The van der Waals surface area contributed by atoms with Gasteiger partial charge in [-0.1, -0.05) is 83.7 Å². The predicted molar refractivity (Wildman–Crippen MR) is 163 cm³/mol. The van der Waals surface area contributed by atoms with Crippen molar-refractivity contribution in [1.82, 2.24) is 0 Å². The summed E-state index contributed by atoms with van der Waals surface area (Å²) in [6, 6.07) is 7.82. The highest BCUT2D eigenvalue weighted by Crippen LogP contribution is 2.67. The molecule has 4 aliphatic carbocycles. The topological polar surface area (TPSA) is 26.3 Å². The Morgan fingerprint density at radius 2 is 1.79 bits per heavy atom. The number of hydrogen-bond acceptors (Lipinski definition) is 2. The van der Waals surface area contributed by atoms with Crippen molar-refractivity contribution >= 4 is 5.97 Å². The van der Waals surface area contributed by atoms with E-state index in [-0.39, 0.29) is 12.1 Å². The van der Waals surface area contributed by atoms with Gasteiger partial charge in [-0.05, 0) is 115 Å². The minimum atomic E-state index is -0.170. The van der Waals surface area contributed by atoms with Crippen LogP contribution in [0.25, 0.3) is 0 Å². The van der Waals surface area contributed by atoms with E-state index < -0.39 is 0 Å². The zero-order valence-electron chi connectivity index (χ0n) is 25.5. The van der Waals surface area contributed by atoms with Gasteiger partial charge in [-0.2, -0.15) is 0 Å². The molecule has 3 fully saturated rings. The van der Waals surface area contributed by atoms with Crippen LogP contribution in [0.1, 0.15) is 121 Å². The van der Waals surface area contributed by atoms with E-state index in [1.807, 2.05) is 30.3 Å². The minimum Gasteiger partial charge on any atom is -0.458 e. The van der Waals surface area contributed by atoms with Crippen LogP contribution in [0.4, 0.5) is 0 Å². The summed E-state index contributed by atoms with van der Waals surface area (Å²) in [4.78, 5) is 12.9. The van der Waals surface area contributed by atoms with Gasteiger partial charge < -0.3 is 4.74 Å². The number of hydrogen-bond donors (Lipinski definition) is 0. The summed E-state index contributed by atoms with van der Waals surface area (Å²) in [5, 5.41) is 0. The maximum Gasteiger partial charge on any atom is 0.338 e. The fraction of sp³-hybridized carbons (Fsp3) is 0.703. The molecule has 0 amide bonds. The van der Waals surface area contributed by atoms with E-state index in [1.54, 1.807) is 5.57 Å². The fourth-order valence-electron chi connectivity index (χ4n) is 9.92. The summed E-state index contributed by atoms with van der Waals surface area (Å²) in [6.07, 6.45) is 19.6. The molecule has 0 unspecified atom stereocenters. The van der Waals surface area contributed by atoms with Crippen LogP contribution in [-0.4, -0.2) is 12.1 Å². The van der Waals surface area contributed by atoms with E-state index in [9.17, 15) is 4.79 Å². The van der Waals surface area contributed by atoms with Crippen molar-refractivity contribution < 1.29 is 9.53 Å². The Hall–Kier alpha value is -1.83. The summed E-state index contributed by atoms with van der Waals surface area (Å²) < 4.78 is 6.08.